The summed E-state index contributed by atoms with van der Waals surface area (Å²) in [6, 6.07) is 0.0277. The molecule has 0 saturated carbocycles. The fourth-order valence-corrected chi connectivity index (χ4v) is 1.09. The summed E-state index contributed by atoms with van der Waals surface area (Å²) in [5, 5.41) is 5.87. The lowest BCUT2D eigenvalue weighted by molar-refractivity contribution is -0.126. The first kappa shape index (κ1) is 14.3. The van der Waals surface area contributed by atoms with Crippen molar-refractivity contribution < 1.29 is 14.3 Å². The average molecular weight is 218 g/mol. The first-order valence-electron chi connectivity index (χ1n) is 5.27. The predicted octanol–water partition coefficient (Wildman–Crippen LogP) is -0.236. The van der Waals surface area contributed by atoms with Crippen molar-refractivity contribution in [3.05, 3.63) is 0 Å². The van der Waals surface area contributed by atoms with Gasteiger partial charge in [-0.2, -0.15) is 0 Å². The highest BCUT2D eigenvalue weighted by atomic mass is 16.5. The Hall–Kier alpha value is -0.650. The number of carbonyl (C=O) groups is 1. The third-order valence-corrected chi connectivity index (χ3v) is 1.73. The number of amides is 1. The number of hydrogen-bond donors (Lipinski definition) is 2. The van der Waals surface area contributed by atoms with E-state index in [2.05, 4.69) is 10.6 Å². The van der Waals surface area contributed by atoms with Crippen LogP contribution in [0.25, 0.3) is 0 Å². The van der Waals surface area contributed by atoms with E-state index in [0.717, 1.165) is 13.1 Å². The highest BCUT2D eigenvalue weighted by Crippen LogP contribution is 1.83. The van der Waals surface area contributed by atoms with Gasteiger partial charge in [-0.1, -0.05) is 6.92 Å². The van der Waals surface area contributed by atoms with Crippen LogP contribution in [0.4, 0.5) is 0 Å². The molecule has 0 aliphatic heterocycles. The molecule has 5 heteroatoms. The van der Waals surface area contributed by atoms with Gasteiger partial charge in [0.25, 0.3) is 0 Å². The van der Waals surface area contributed by atoms with E-state index in [1.54, 1.807) is 7.11 Å². The van der Waals surface area contributed by atoms with Crippen LogP contribution in [0, 0.1) is 0 Å². The van der Waals surface area contributed by atoms with Gasteiger partial charge in [-0.25, -0.2) is 0 Å². The van der Waals surface area contributed by atoms with Gasteiger partial charge in [-0.05, 0) is 13.5 Å². The van der Waals surface area contributed by atoms with Crippen molar-refractivity contribution in [3.63, 3.8) is 0 Å². The summed E-state index contributed by atoms with van der Waals surface area (Å²) >= 11 is 0. The second-order valence-electron chi connectivity index (χ2n) is 3.33. The second-order valence-corrected chi connectivity index (χ2v) is 3.33. The maximum atomic E-state index is 11.2. The molecule has 0 aromatic heterocycles. The highest BCUT2D eigenvalue weighted by Gasteiger charge is 2.06. The summed E-state index contributed by atoms with van der Waals surface area (Å²) in [5.41, 5.74) is 0. The van der Waals surface area contributed by atoms with E-state index in [0.29, 0.717) is 13.2 Å². The van der Waals surface area contributed by atoms with Crippen LogP contribution in [-0.2, 0) is 14.3 Å². The Morgan fingerprint density at radius 2 is 2.20 bits per heavy atom. The van der Waals surface area contributed by atoms with Crippen LogP contribution >= 0.6 is 0 Å². The topological polar surface area (TPSA) is 59.6 Å². The van der Waals surface area contributed by atoms with E-state index in [1.807, 2.05) is 13.8 Å². The van der Waals surface area contributed by atoms with Gasteiger partial charge in [0.15, 0.2) is 0 Å². The Labute approximate surface area is 91.5 Å². The number of hydrogen-bond acceptors (Lipinski definition) is 4. The first-order valence-corrected chi connectivity index (χ1v) is 5.27. The van der Waals surface area contributed by atoms with Gasteiger partial charge in [0.1, 0.15) is 6.61 Å². The molecule has 0 saturated heterocycles. The van der Waals surface area contributed by atoms with Crippen molar-refractivity contribution in [2.45, 2.75) is 19.9 Å². The molecule has 90 valence electrons. The van der Waals surface area contributed by atoms with Crippen LogP contribution in [0.2, 0.25) is 0 Å². The molecule has 0 aromatic carbocycles. The van der Waals surface area contributed by atoms with Crippen molar-refractivity contribution >= 4 is 5.91 Å². The average Bonchev–Trinajstić information content (AvgIpc) is 2.17. The lowest BCUT2D eigenvalue weighted by atomic mass is 10.3. The quantitative estimate of drug-likeness (QED) is 0.525. The van der Waals surface area contributed by atoms with Crippen LogP contribution in [0.5, 0.6) is 0 Å². The summed E-state index contributed by atoms with van der Waals surface area (Å²) < 4.78 is 10.1. The van der Waals surface area contributed by atoms with Crippen LogP contribution in [0.1, 0.15) is 13.8 Å². The lowest BCUT2D eigenvalue weighted by Gasteiger charge is -2.12. The molecule has 0 aliphatic rings. The molecular weight excluding hydrogens is 196 g/mol. The van der Waals surface area contributed by atoms with E-state index in [-0.39, 0.29) is 18.6 Å². The minimum Gasteiger partial charge on any atom is -0.383 e. The summed E-state index contributed by atoms with van der Waals surface area (Å²) in [6.07, 6.45) is 0. The van der Waals surface area contributed by atoms with E-state index >= 15 is 0 Å². The lowest BCUT2D eigenvalue weighted by Crippen LogP contribution is -2.38. The van der Waals surface area contributed by atoms with Crippen molar-refractivity contribution in [2.24, 2.45) is 0 Å². The third kappa shape index (κ3) is 9.65. The maximum Gasteiger partial charge on any atom is 0.246 e. The minimum atomic E-state index is -0.101. The minimum absolute atomic E-state index is 0.0277. The summed E-state index contributed by atoms with van der Waals surface area (Å²) in [5.74, 6) is -0.101. The second kappa shape index (κ2) is 9.89. The highest BCUT2D eigenvalue weighted by molar-refractivity contribution is 5.77. The molecular formula is C10H22N2O3. The molecule has 2 N–H and O–H groups in total. The summed E-state index contributed by atoms with van der Waals surface area (Å²) in [6.45, 7) is 6.79. The van der Waals surface area contributed by atoms with Crippen molar-refractivity contribution in [1.82, 2.24) is 10.6 Å². The van der Waals surface area contributed by atoms with Crippen LogP contribution < -0.4 is 10.6 Å². The number of nitrogens with one attached hydrogen (secondary N) is 2. The summed E-state index contributed by atoms with van der Waals surface area (Å²) in [4.78, 5) is 11.2. The van der Waals surface area contributed by atoms with Gasteiger partial charge in [-0.15, -0.1) is 0 Å². The van der Waals surface area contributed by atoms with Crippen molar-refractivity contribution in [3.8, 4) is 0 Å². The molecule has 0 aliphatic carbocycles. The Morgan fingerprint density at radius 1 is 1.47 bits per heavy atom. The third-order valence-electron chi connectivity index (χ3n) is 1.73. The SMILES string of the molecule is CCNCCOCC(=O)NC(C)COC. The molecule has 0 fully saturated rings. The molecule has 1 atom stereocenters. The first-order chi connectivity index (χ1) is 7.20. The molecule has 0 spiro atoms. The fraction of sp³-hybridized carbons (Fsp3) is 0.900. The maximum absolute atomic E-state index is 11.2. The Bertz CT molecular complexity index is 165. The number of carbonyl (C=O) groups excluding carboxylic acids is 1. The van der Waals surface area contributed by atoms with Crippen LogP contribution in [-0.4, -0.2) is 52.0 Å². The van der Waals surface area contributed by atoms with Gasteiger partial charge in [0.2, 0.25) is 5.91 Å². The van der Waals surface area contributed by atoms with Gasteiger partial charge in [0.05, 0.1) is 13.2 Å². The molecule has 0 rings (SSSR count). The number of likely N-dealkylation sites (N-methyl/N-ethyl adjacent to an activating group) is 1. The molecule has 0 radical (unpaired) electrons. The van der Waals surface area contributed by atoms with E-state index < -0.39 is 0 Å². The normalized spacial score (nSPS) is 12.5. The molecule has 0 heterocycles. The standard InChI is InChI=1S/C10H22N2O3/c1-4-11-5-6-15-8-10(13)12-9(2)7-14-3/h9,11H,4-8H2,1-3H3,(H,12,13). The monoisotopic (exact) mass is 218 g/mol. The predicted molar refractivity (Wildman–Crippen MR) is 58.8 cm³/mol. The molecule has 0 aromatic rings. The number of rotatable bonds is 9. The van der Waals surface area contributed by atoms with E-state index in [4.69, 9.17) is 9.47 Å². The zero-order valence-electron chi connectivity index (χ0n) is 9.84. The van der Waals surface area contributed by atoms with Gasteiger partial charge < -0.3 is 20.1 Å². The fourth-order valence-electron chi connectivity index (χ4n) is 1.09. The molecule has 15 heavy (non-hydrogen) atoms. The molecule has 5 nitrogen and oxygen atoms in total. The van der Waals surface area contributed by atoms with Crippen molar-refractivity contribution in [2.75, 3.05) is 40.0 Å². The molecule has 0 bridgehead atoms. The van der Waals surface area contributed by atoms with Crippen LogP contribution in [0.15, 0.2) is 0 Å². The Kier molecular flexibility index (Phi) is 9.46. The zero-order valence-corrected chi connectivity index (χ0v) is 9.84. The zero-order chi connectivity index (χ0) is 11.5. The van der Waals surface area contributed by atoms with Gasteiger partial charge in [0, 0.05) is 19.7 Å². The van der Waals surface area contributed by atoms with Gasteiger partial charge in [-0.3, -0.25) is 4.79 Å². The van der Waals surface area contributed by atoms with Gasteiger partial charge >= 0.3 is 0 Å². The van der Waals surface area contributed by atoms with Crippen molar-refractivity contribution in [1.29, 1.82) is 0 Å². The van der Waals surface area contributed by atoms with Crippen LogP contribution in [0.3, 0.4) is 0 Å². The summed E-state index contributed by atoms with van der Waals surface area (Å²) in [7, 11) is 1.61. The molecule has 1 amide bonds. The Morgan fingerprint density at radius 3 is 2.80 bits per heavy atom. The Balaban J connectivity index is 3.32. The van der Waals surface area contributed by atoms with E-state index in [1.165, 1.54) is 0 Å². The van der Waals surface area contributed by atoms with E-state index in [9.17, 15) is 4.79 Å². The number of methoxy groups -OCH3 is 1. The smallest absolute Gasteiger partial charge is 0.246 e. The largest absolute Gasteiger partial charge is 0.383 e. The molecule has 1 unspecified atom stereocenters. The number of ether oxygens (including phenoxy) is 2.